The minimum atomic E-state index is 0.723. The van der Waals surface area contributed by atoms with Crippen LogP contribution in [0.1, 0.15) is 38.2 Å². The van der Waals surface area contributed by atoms with E-state index in [2.05, 4.69) is 23.3 Å². The molecule has 0 bridgehead atoms. The highest BCUT2D eigenvalue weighted by molar-refractivity contribution is 6.31. The Bertz CT molecular complexity index is 354. The molecule has 0 spiro atoms. The number of nitrogens with zero attached hydrogens (tertiary/aromatic N) is 1. The van der Waals surface area contributed by atoms with E-state index in [-0.39, 0.29) is 0 Å². The fourth-order valence-corrected chi connectivity index (χ4v) is 2.87. The summed E-state index contributed by atoms with van der Waals surface area (Å²) in [6, 6.07) is 2.77. The number of nitrogens with one attached hydrogen (secondary N) is 1. The average Bonchev–Trinajstić information content (AvgIpc) is 2.77. The maximum atomic E-state index is 6.14. The van der Waals surface area contributed by atoms with E-state index < -0.39 is 0 Å². The Morgan fingerprint density at radius 3 is 3.12 bits per heavy atom. The van der Waals surface area contributed by atoms with Crippen LogP contribution in [0.15, 0.2) is 18.5 Å². The molecule has 1 heterocycles. The Morgan fingerprint density at radius 2 is 2.35 bits per heavy atom. The quantitative estimate of drug-likeness (QED) is 0.868. The second kappa shape index (κ2) is 6.36. The highest BCUT2D eigenvalue weighted by atomic mass is 35.5. The molecule has 1 fully saturated rings. The SMILES string of the molecule is CCCNC1CCC(Cc2ccncc2Cl)C1. The van der Waals surface area contributed by atoms with Crippen molar-refractivity contribution in [2.45, 2.75) is 45.1 Å². The van der Waals surface area contributed by atoms with Crippen LogP contribution in [0.3, 0.4) is 0 Å². The molecule has 2 atom stereocenters. The van der Waals surface area contributed by atoms with Gasteiger partial charge in [-0.15, -0.1) is 0 Å². The predicted molar refractivity (Wildman–Crippen MR) is 72.4 cm³/mol. The van der Waals surface area contributed by atoms with Gasteiger partial charge in [0.15, 0.2) is 0 Å². The van der Waals surface area contributed by atoms with E-state index in [1.807, 2.05) is 6.20 Å². The molecule has 2 nitrogen and oxygen atoms in total. The molecule has 0 aromatic carbocycles. The summed E-state index contributed by atoms with van der Waals surface area (Å²) in [7, 11) is 0. The van der Waals surface area contributed by atoms with Gasteiger partial charge in [-0.05, 0) is 56.2 Å². The number of halogens is 1. The molecule has 0 saturated heterocycles. The molecule has 3 heteroatoms. The lowest BCUT2D eigenvalue weighted by atomic mass is 9.98. The fraction of sp³-hybridized carbons (Fsp3) is 0.643. The second-order valence-corrected chi connectivity index (χ2v) is 5.41. The van der Waals surface area contributed by atoms with Crippen LogP contribution in [0, 0.1) is 5.92 Å². The first kappa shape index (κ1) is 12.8. The first-order valence-electron chi connectivity index (χ1n) is 6.61. The summed E-state index contributed by atoms with van der Waals surface area (Å²) < 4.78 is 0. The van der Waals surface area contributed by atoms with E-state index in [0.717, 1.165) is 29.9 Å². The third kappa shape index (κ3) is 3.68. The zero-order chi connectivity index (χ0) is 12.1. The molecule has 0 aliphatic heterocycles. The van der Waals surface area contributed by atoms with Crippen LogP contribution in [-0.2, 0) is 6.42 Å². The van der Waals surface area contributed by atoms with Crippen LogP contribution >= 0.6 is 11.6 Å². The molecule has 1 aromatic rings. The molecule has 0 radical (unpaired) electrons. The van der Waals surface area contributed by atoms with E-state index in [9.17, 15) is 0 Å². The molecule has 2 unspecified atom stereocenters. The first-order chi connectivity index (χ1) is 8.29. The molecular weight excluding hydrogens is 232 g/mol. The topological polar surface area (TPSA) is 24.9 Å². The lowest BCUT2D eigenvalue weighted by Crippen LogP contribution is -2.27. The Labute approximate surface area is 109 Å². The van der Waals surface area contributed by atoms with E-state index in [0.29, 0.717) is 0 Å². The van der Waals surface area contributed by atoms with Crippen molar-refractivity contribution in [3.8, 4) is 0 Å². The molecule has 1 saturated carbocycles. The molecule has 94 valence electrons. The molecule has 17 heavy (non-hydrogen) atoms. The van der Waals surface area contributed by atoms with Gasteiger partial charge in [-0.25, -0.2) is 0 Å². The number of aromatic nitrogens is 1. The maximum absolute atomic E-state index is 6.14. The van der Waals surface area contributed by atoms with Crippen LogP contribution in [0.5, 0.6) is 0 Å². The van der Waals surface area contributed by atoms with Crippen LogP contribution in [0.2, 0.25) is 5.02 Å². The normalized spacial score (nSPS) is 24.1. The van der Waals surface area contributed by atoms with E-state index >= 15 is 0 Å². The summed E-state index contributed by atoms with van der Waals surface area (Å²) in [6.45, 7) is 3.36. The Kier molecular flexibility index (Phi) is 4.81. The van der Waals surface area contributed by atoms with Crippen molar-refractivity contribution in [2.75, 3.05) is 6.54 Å². The van der Waals surface area contributed by atoms with Gasteiger partial charge < -0.3 is 5.32 Å². The minimum Gasteiger partial charge on any atom is -0.314 e. The van der Waals surface area contributed by atoms with E-state index in [1.54, 1.807) is 6.20 Å². The molecule has 1 N–H and O–H groups in total. The van der Waals surface area contributed by atoms with Crippen LogP contribution in [0.25, 0.3) is 0 Å². The number of hydrogen-bond acceptors (Lipinski definition) is 2. The summed E-state index contributed by atoms with van der Waals surface area (Å²) in [5.74, 6) is 0.782. The number of rotatable bonds is 5. The highest BCUT2D eigenvalue weighted by Crippen LogP contribution is 2.30. The summed E-state index contributed by atoms with van der Waals surface area (Å²) in [5.41, 5.74) is 1.25. The standard InChI is InChI=1S/C14H21ClN2/c1-2-6-17-13-4-3-11(9-13)8-12-5-7-16-10-14(12)15/h5,7,10-11,13,17H,2-4,6,8-9H2,1H3. The molecule has 1 aliphatic rings. The number of pyridine rings is 1. The van der Waals surface area contributed by atoms with Gasteiger partial charge in [-0.1, -0.05) is 18.5 Å². The summed E-state index contributed by atoms with van der Waals surface area (Å²) in [5, 5.41) is 4.43. The van der Waals surface area contributed by atoms with Gasteiger partial charge in [0.05, 0.1) is 5.02 Å². The van der Waals surface area contributed by atoms with Gasteiger partial charge in [-0.2, -0.15) is 0 Å². The zero-order valence-electron chi connectivity index (χ0n) is 10.5. The Balaban J connectivity index is 1.83. The minimum absolute atomic E-state index is 0.723. The fourth-order valence-electron chi connectivity index (χ4n) is 2.67. The Morgan fingerprint density at radius 1 is 1.47 bits per heavy atom. The predicted octanol–water partition coefficient (Wildman–Crippen LogP) is 3.45. The van der Waals surface area contributed by atoms with Crippen molar-refractivity contribution in [1.82, 2.24) is 10.3 Å². The lowest BCUT2D eigenvalue weighted by molar-refractivity contribution is 0.484. The van der Waals surface area contributed by atoms with Crippen molar-refractivity contribution in [3.63, 3.8) is 0 Å². The van der Waals surface area contributed by atoms with Gasteiger partial charge in [-0.3, -0.25) is 4.98 Å². The van der Waals surface area contributed by atoms with Gasteiger partial charge in [0, 0.05) is 18.4 Å². The van der Waals surface area contributed by atoms with Crippen LogP contribution in [-0.4, -0.2) is 17.6 Å². The molecular formula is C14H21ClN2. The smallest absolute Gasteiger partial charge is 0.0621 e. The van der Waals surface area contributed by atoms with Crippen molar-refractivity contribution in [1.29, 1.82) is 0 Å². The Hall–Kier alpha value is -0.600. The summed E-state index contributed by atoms with van der Waals surface area (Å²) >= 11 is 6.14. The second-order valence-electron chi connectivity index (χ2n) is 5.00. The summed E-state index contributed by atoms with van der Waals surface area (Å²) in [4.78, 5) is 4.03. The van der Waals surface area contributed by atoms with Gasteiger partial charge in [0.2, 0.25) is 0 Å². The lowest BCUT2D eigenvalue weighted by Gasteiger charge is -2.13. The molecule has 1 aromatic heterocycles. The van der Waals surface area contributed by atoms with Gasteiger partial charge in [0.1, 0.15) is 0 Å². The largest absolute Gasteiger partial charge is 0.314 e. The van der Waals surface area contributed by atoms with E-state index in [1.165, 1.54) is 31.2 Å². The zero-order valence-corrected chi connectivity index (χ0v) is 11.2. The molecule has 0 amide bonds. The average molecular weight is 253 g/mol. The number of hydrogen-bond donors (Lipinski definition) is 1. The van der Waals surface area contributed by atoms with Gasteiger partial charge in [0.25, 0.3) is 0 Å². The summed E-state index contributed by atoms with van der Waals surface area (Å²) in [6.07, 6.45) is 9.83. The first-order valence-corrected chi connectivity index (χ1v) is 6.99. The highest BCUT2D eigenvalue weighted by Gasteiger charge is 2.24. The van der Waals surface area contributed by atoms with Crippen molar-refractivity contribution in [2.24, 2.45) is 5.92 Å². The van der Waals surface area contributed by atoms with Crippen molar-refractivity contribution >= 4 is 11.6 Å². The van der Waals surface area contributed by atoms with Crippen LogP contribution < -0.4 is 5.32 Å². The molecule has 2 rings (SSSR count). The third-order valence-electron chi connectivity index (χ3n) is 3.59. The maximum Gasteiger partial charge on any atom is 0.0621 e. The monoisotopic (exact) mass is 252 g/mol. The van der Waals surface area contributed by atoms with Crippen LogP contribution in [0.4, 0.5) is 0 Å². The van der Waals surface area contributed by atoms with Crippen molar-refractivity contribution < 1.29 is 0 Å². The van der Waals surface area contributed by atoms with E-state index in [4.69, 9.17) is 11.6 Å². The third-order valence-corrected chi connectivity index (χ3v) is 3.93. The van der Waals surface area contributed by atoms with Gasteiger partial charge >= 0.3 is 0 Å². The molecule has 1 aliphatic carbocycles. The van der Waals surface area contributed by atoms with Crippen molar-refractivity contribution in [3.05, 3.63) is 29.0 Å².